The zero-order valence-electron chi connectivity index (χ0n) is 12.3. The van der Waals surface area contributed by atoms with Crippen LogP contribution < -0.4 is 14.8 Å². The first kappa shape index (κ1) is 17.5. The summed E-state index contributed by atoms with van der Waals surface area (Å²) in [5, 5.41) is 3.45. The van der Waals surface area contributed by atoms with Crippen molar-refractivity contribution < 1.29 is 9.47 Å². The highest BCUT2D eigenvalue weighted by molar-refractivity contribution is 9.11. The van der Waals surface area contributed by atoms with Crippen molar-refractivity contribution in [1.82, 2.24) is 5.32 Å². The molecule has 0 heterocycles. The maximum absolute atomic E-state index is 5.68. The first-order valence-corrected chi connectivity index (χ1v) is 7.89. The lowest BCUT2D eigenvalue weighted by molar-refractivity contribution is 0.322. The predicted molar refractivity (Wildman–Crippen MR) is 90.8 cm³/mol. The van der Waals surface area contributed by atoms with Gasteiger partial charge >= 0.3 is 0 Å². The summed E-state index contributed by atoms with van der Waals surface area (Å²) >= 11 is 6.81. The van der Waals surface area contributed by atoms with Crippen molar-refractivity contribution >= 4 is 31.9 Å². The highest BCUT2D eigenvalue weighted by Gasteiger charge is 2.14. The highest BCUT2D eigenvalue weighted by Crippen LogP contribution is 2.37. The summed E-state index contributed by atoms with van der Waals surface area (Å²) in [7, 11) is 1.64. The molecule has 0 aliphatic carbocycles. The molecular weight excluding hydrogens is 386 g/mol. The molecule has 0 aliphatic rings. The molecule has 20 heavy (non-hydrogen) atoms. The van der Waals surface area contributed by atoms with Crippen LogP contribution in [0.3, 0.4) is 0 Å². The molecule has 0 spiro atoms. The molecule has 0 radical (unpaired) electrons. The van der Waals surface area contributed by atoms with Gasteiger partial charge in [0.2, 0.25) is 0 Å². The third kappa shape index (κ3) is 5.85. The van der Waals surface area contributed by atoms with Gasteiger partial charge in [0.25, 0.3) is 0 Å². The van der Waals surface area contributed by atoms with E-state index in [4.69, 9.17) is 9.47 Å². The second-order valence-corrected chi connectivity index (χ2v) is 7.49. The van der Waals surface area contributed by atoms with Gasteiger partial charge in [0, 0.05) is 16.6 Å². The molecule has 1 rings (SSSR count). The van der Waals surface area contributed by atoms with Gasteiger partial charge in [0.1, 0.15) is 6.61 Å². The normalized spacial score (nSPS) is 11.3. The lowest BCUT2D eigenvalue weighted by Crippen LogP contribution is -2.35. The van der Waals surface area contributed by atoms with Crippen molar-refractivity contribution in [2.75, 3.05) is 13.7 Å². The molecule has 1 N–H and O–H groups in total. The molecule has 0 aliphatic heterocycles. The van der Waals surface area contributed by atoms with Gasteiger partial charge < -0.3 is 14.8 Å². The van der Waals surface area contributed by atoms with Crippen LogP contribution in [-0.2, 0) is 6.54 Å². The number of halogens is 2. The Bertz CT molecular complexity index is 481. The highest BCUT2D eigenvalue weighted by atomic mass is 79.9. The van der Waals surface area contributed by atoms with E-state index in [1.54, 1.807) is 7.11 Å². The average Bonchev–Trinajstić information content (AvgIpc) is 2.33. The fourth-order valence-electron chi connectivity index (χ4n) is 1.53. The summed E-state index contributed by atoms with van der Waals surface area (Å²) in [6, 6.07) is 4.02. The van der Waals surface area contributed by atoms with E-state index in [9.17, 15) is 0 Å². The smallest absolute Gasteiger partial charge is 0.175 e. The van der Waals surface area contributed by atoms with Crippen molar-refractivity contribution in [2.45, 2.75) is 32.9 Å². The van der Waals surface area contributed by atoms with Crippen LogP contribution in [0.25, 0.3) is 0 Å². The average molecular weight is 407 g/mol. The minimum atomic E-state index is 0.0720. The number of rotatable bonds is 6. The van der Waals surface area contributed by atoms with E-state index < -0.39 is 0 Å². The molecule has 0 unspecified atom stereocenters. The van der Waals surface area contributed by atoms with Gasteiger partial charge in [-0.25, -0.2) is 0 Å². The topological polar surface area (TPSA) is 30.5 Å². The lowest BCUT2D eigenvalue weighted by atomic mass is 10.1. The molecule has 0 aromatic heterocycles. The van der Waals surface area contributed by atoms with Gasteiger partial charge in [-0.1, -0.05) is 22.5 Å². The van der Waals surface area contributed by atoms with Crippen LogP contribution in [0.5, 0.6) is 11.5 Å². The summed E-state index contributed by atoms with van der Waals surface area (Å²) in [6.45, 7) is 11.3. The number of hydrogen-bond donors (Lipinski definition) is 1. The van der Waals surface area contributed by atoms with E-state index in [0.717, 1.165) is 21.1 Å². The molecule has 5 heteroatoms. The Hall–Kier alpha value is -0.520. The standard InChI is InChI=1S/C15H21Br2NO2/c1-10(16)9-20-14-12(17)6-11(7-13(14)19-5)8-18-15(2,3)4/h6-7,18H,1,8-9H2,2-5H3. The summed E-state index contributed by atoms with van der Waals surface area (Å²) in [5.74, 6) is 1.39. The van der Waals surface area contributed by atoms with Gasteiger partial charge in [0.15, 0.2) is 11.5 Å². The third-order valence-corrected chi connectivity index (χ3v) is 3.30. The second kappa shape index (κ2) is 7.48. The number of methoxy groups -OCH3 is 1. The zero-order valence-corrected chi connectivity index (χ0v) is 15.5. The van der Waals surface area contributed by atoms with Gasteiger partial charge in [0.05, 0.1) is 11.6 Å². The van der Waals surface area contributed by atoms with Gasteiger partial charge in [-0.2, -0.15) is 0 Å². The fourth-order valence-corrected chi connectivity index (χ4v) is 2.25. The van der Waals surface area contributed by atoms with Crippen LogP contribution in [0.2, 0.25) is 0 Å². The summed E-state index contributed by atoms with van der Waals surface area (Å²) < 4.78 is 12.7. The van der Waals surface area contributed by atoms with E-state index in [1.165, 1.54) is 0 Å². The monoisotopic (exact) mass is 405 g/mol. The summed E-state index contributed by atoms with van der Waals surface area (Å²) in [4.78, 5) is 0. The van der Waals surface area contributed by atoms with Crippen molar-refractivity contribution in [3.8, 4) is 11.5 Å². The maximum Gasteiger partial charge on any atom is 0.175 e. The Morgan fingerprint density at radius 2 is 2.00 bits per heavy atom. The molecule has 0 atom stereocenters. The first-order valence-electron chi connectivity index (χ1n) is 6.30. The quantitative estimate of drug-likeness (QED) is 0.746. The van der Waals surface area contributed by atoms with E-state index >= 15 is 0 Å². The van der Waals surface area contributed by atoms with Crippen LogP contribution in [0.1, 0.15) is 26.3 Å². The molecule has 0 saturated carbocycles. The molecule has 0 amide bonds. The summed E-state index contributed by atoms with van der Waals surface area (Å²) in [5.41, 5.74) is 1.21. The molecule has 0 bridgehead atoms. The Balaban J connectivity index is 2.92. The largest absolute Gasteiger partial charge is 0.493 e. The SMILES string of the molecule is C=C(Br)COc1c(Br)cc(CNC(C)(C)C)cc1OC. The second-order valence-electron chi connectivity index (χ2n) is 5.52. The van der Waals surface area contributed by atoms with Crippen molar-refractivity contribution in [1.29, 1.82) is 0 Å². The maximum atomic E-state index is 5.68. The number of ether oxygens (including phenoxy) is 2. The van der Waals surface area contributed by atoms with Gasteiger partial charge in [-0.15, -0.1) is 0 Å². The Morgan fingerprint density at radius 1 is 1.35 bits per heavy atom. The van der Waals surface area contributed by atoms with Crippen LogP contribution >= 0.6 is 31.9 Å². The van der Waals surface area contributed by atoms with Crippen LogP contribution in [-0.4, -0.2) is 19.3 Å². The number of benzene rings is 1. The Labute approximate surface area is 138 Å². The molecule has 0 saturated heterocycles. The molecule has 112 valence electrons. The van der Waals surface area contributed by atoms with Crippen LogP contribution in [0, 0.1) is 0 Å². The van der Waals surface area contributed by atoms with E-state index in [-0.39, 0.29) is 5.54 Å². The van der Waals surface area contributed by atoms with Gasteiger partial charge in [-0.05, 0) is 54.4 Å². The van der Waals surface area contributed by atoms with Gasteiger partial charge in [-0.3, -0.25) is 0 Å². The van der Waals surface area contributed by atoms with E-state index in [0.29, 0.717) is 18.1 Å². The van der Waals surface area contributed by atoms with Crippen molar-refractivity contribution in [2.24, 2.45) is 0 Å². The fraction of sp³-hybridized carbons (Fsp3) is 0.467. The first-order chi connectivity index (χ1) is 9.23. The molecule has 1 aromatic carbocycles. The third-order valence-electron chi connectivity index (χ3n) is 2.49. The lowest BCUT2D eigenvalue weighted by Gasteiger charge is -2.21. The molecule has 1 aromatic rings. The summed E-state index contributed by atoms with van der Waals surface area (Å²) in [6.07, 6.45) is 0. The minimum absolute atomic E-state index is 0.0720. The molecule has 3 nitrogen and oxygen atoms in total. The van der Waals surface area contributed by atoms with Crippen LogP contribution in [0.15, 0.2) is 27.7 Å². The zero-order chi connectivity index (χ0) is 15.3. The Morgan fingerprint density at radius 3 is 2.50 bits per heavy atom. The predicted octanol–water partition coefficient (Wildman–Crippen LogP) is 4.63. The van der Waals surface area contributed by atoms with E-state index in [1.807, 2.05) is 12.1 Å². The minimum Gasteiger partial charge on any atom is -0.493 e. The van der Waals surface area contributed by atoms with Crippen LogP contribution in [0.4, 0.5) is 0 Å². The molecular formula is C15H21Br2NO2. The number of nitrogens with one attached hydrogen (secondary N) is 1. The van der Waals surface area contributed by atoms with E-state index in [2.05, 4.69) is 64.5 Å². The van der Waals surface area contributed by atoms with Crippen molar-refractivity contribution in [3.63, 3.8) is 0 Å². The molecule has 0 fully saturated rings. The Kier molecular flexibility index (Phi) is 6.55. The number of hydrogen-bond acceptors (Lipinski definition) is 3. The van der Waals surface area contributed by atoms with Crippen molar-refractivity contribution in [3.05, 3.63) is 33.2 Å².